The Hall–Kier alpha value is 0.0169. The summed E-state index contributed by atoms with van der Waals surface area (Å²) < 4.78 is 17.6. The van der Waals surface area contributed by atoms with Gasteiger partial charge in [-0.3, -0.25) is 4.90 Å². The lowest BCUT2D eigenvalue weighted by Gasteiger charge is -2.37. The van der Waals surface area contributed by atoms with Gasteiger partial charge in [0.05, 0.1) is 6.17 Å². The first-order valence-electron chi connectivity index (χ1n) is 7.03. The molecule has 1 saturated heterocycles. The number of hydrogen-bond donors (Lipinski definition) is 1. The first kappa shape index (κ1) is 16.1. The van der Waals surface area contributed by atoms with Crippen LogP contribution < -0.4 is 5.32 Å². The molecule has 1 rings (SSSR count). The van der Waals surface area contributed by atoms with E-state index >= 15 is 0 Å². The Morgan fingerprint density at radius 2 is 1.67 bits per heavy atom. The third-order valence-corrected chi connectivity index (χ3v) is 5.98. The van der Waals surface area contributed by atoms with Crippen LogP contribution in [0.2, 0.25) is 0 Å². The summed E-state index contributed by atoms with van der Waals surface area (Å²) in [7, 11) is -2.51. The van der Waals surface area contributed by atoms with Crippen molar-refractivity contribution in [2.45, 2.75) is 33.7 Å². The van der Waals surface area contributed by atoms with Gasteiger partial charge in [0.1, 0.15) is 0 Å². The van der Waals surface area contributed by atoms with Crippen LogP contribution in [0.25, 0.3) is 0 Å². The summed E-state index contributed by atoms with van der Waals surface area (Å²) in [5.41, 5.74) is 0. The van der Waals surface area contributed by atoms with Crippen LogP contribution in [0, 0.1) is 0 Å². The molecule has 6 heteroatoms. The molecule has 1 heterocycles. The van der Waals surface area contributed by atoms with Crippen LogP contribution in [-0.4, -0.2) is 65.4 Å². The molecule has 0 aliphatic carbocycles. The lowest BCUT2D eigenvalue weighted by molar-refractivity contribution is 0.0530. The van der Waals surface area contributed by atoms with E-state index in [9.17, 15) is 0 Å². The molecular weight excluding hydrogens is 248 g/mol. The largest absolute Gasteiger partial charge is 0.515 e. The van der Waals surface area contributed by atoms with E-state index in [-0.39, 0.29) is 0 Å². The van der Waals surface area contributed by atoms with Crippen molar-refractivity contribution in [3.8, 4) is 0 Å². The van der Waals surface area contributed by atoms with Gasteiger partial charge in [-0.1, -0.05) is 0 Å². The van der Waals surface area contributed by atoms with Crippen LogP contribution in [-0.2, 0) is 13.3 Å². The normalized spacial score (nSPS) is 22.3. The summed E-state index contributed by atoms with van der Waals surface area (Å²) in [6, 6.07) is 0.523. The SMILES string of the molecule is CCO[Si](CN1CCNC(C)C1)(OCC)OCC. The van der Waals surface area contributed by atoms with Crippen molar-refractivity contribution in [1.82, 2.24) is 10.2 Å². The Balaban J connectivity index is 2.62. The van der Waals surface area contributed by atoms with Gasteiger partial charge in [0.25, 0.3) is 0 Å². The summed E-state index contributed by atoms with van der Waals surface area (Å²) in [6.07, 6.45) is 0.800. The van der Waals surface area contributed by atoms with Gasteiger partial charge in [0, 0.05) is 45.5 Å². The Bertz CT molecular complexity index is 214. The average molecular weight is 276 g/mol. The van der Waals surface area contributed by atoms with E-state index < -0.39 is 8.80 Å². The molecule has 0 radical (unpaired) electrons. The van der Waals surface area contributed by atoms with Crippen LogP contribution in [0.1, 0.15) is 27.7 Å². The highest BCUT2D eigenvalue weighted by atomic mass is 28.4. The van der Waals surface area contributed by atoms with Gasteiger partial charge in [-0.05, 0) is 27.7 Å². The standard InChI is InChI=1S/C12H28N2O3Si/c1-5-15-18(16-6-2,17-7-3)11-14-9-8-13-12(4)10-14/h12-13H,5-11H2,1-4H3. The zero-order valence-corrected chi connectivity index (χ0v) is 13.2. The smallest absolute Gasteiger partial charge is 0.373 e. The summed E-state index contributed by atoms with van der Waals surface area (Å²) in [5.74, 6) is 0. The lowest BCUT2D eigenvalue weighted by atomic mass is 10.2. The van der Waals surface area contributed by atoms with Gasteiger partial charge in [0.15, 0.2) is 0 Å². The molecule has 1 aliphatic rings. The average Bonchev–Trinajstić information content (AvgIpc) is 2.30. The van der Waals surface area contributed by atoms with E-state index in [1.54, 1.807) is 0 Å². The molecule has 1 fully saturated rings. The van der Waals surface area contributed by atoms with Crippen LogP contribution in [0.5, 0.6) is 0 Å². The highest BCUT2D eigenvalue weighted by Crippen LogP contribution is 2.13. The van der Waals surface area contributed by atoms with Crippen molar-refractivity contribution in [2.75, 3.05) is 45.6 Å². The second-order valence-electron chi connectivity index (χ2n) is 4.57. The summed E-state index contributed by atoms with van der Waals surface area (Å²) in [4.78, 5) is 2.40. The predicted molar refractivity (Wildman–Crippen MR) is 74.5 cm³/mol. The Kier molecular flexibility index (Phi) is 7.36. The molecule has 1 atom stereocenters. The minimum absolute atomic E-state index is 0.523. The maximum Gasteiger partial charge on any atom is 0.515 e. The zero-order valence-electron chi connectivity index (χ0n) is 12.2. The second kappa shape index (κ2) is 8.24. The first-order chi connectivity index (χ1) is 8.65. The molecule has 1 aliphatic heterocycles. The van der Waals surface area contributed by atoms with Crippen molar-refractivity contribution in [3.63, 3.8) is 0 Å². The molecule has 0 amide bonds. The summed E-state index contributed by atoms with van der Waals surface area (Å²) in [5, 5.41) is 3.45. The molecule has 1 unspecified atom stereocenters. The van der Waals surface area contributed by atoms with Crippen molar-refractivity contribution in [3.05, 3.63) is 0 Å². The van der Waals surface area contributed by atoms with Gasteiger partial charge in [-0.15, -0.1) is 0 Å². The number of rotatable bonds is 8. The Morgan fingerprint density at radius 1 is 1.11 bits per heavy atom. The number of nitrogens with zero attached hydrogens (tertiary/aromatic N) is 1. The Morgan fingerprint density at radius 3 is 2.11 bits per heavy atom. The van der Waals surface area contributed by atoms with Gasteiger partial charge in [0.2, 0.25) is 0 Å². The molecule has 0 aromatic rings. The summed E-state index contributed by atoms with van der Waals surface area (Å²) >= 11 is 0. The maximum absolute atomic E-state index is 5.88. The zero-order chi connectivity index (χ0) is 13.4. The minimum Gasteiger partial charge on any atom is -0.373 e. The predicted octanol–water partition coefficient (Wildman–Crippen LogP) is 0.868. The van der Waals surface area contributed by atoms with Crippen LogP contribution in [0.15, 0.2) is 0 Å². The minimum atomic E-state index is -2.51. The fourth-order valence-electron chi connectivity index (χ4n) is 2.35. The molecule has 1 N–H and O–H groups in total. The van der Waals surface area contributed by atoms with Gasteiger partial charge in [-0.2, -0.15) is 0 Å². The lowest BCUT2D eigenvalue weighted by Crippen LogP contribution is -2.60. The second-order valence-corrected chi connectivity index (χ2v) is 7.12. The highest BCUT2D eigenvalue weighted by molar-refractivity contribution is 6.60. The number of nitrogens with one attached hydrogen (secondary N) is 1. The molecule has 0 aromatic carbocycles. The van der Waals surface area contributed by atoms with Crippen LogP contribution >= 0.6 is 0 Å². The first-order valence-corrected chi connectivity index (χ1v) is 8.96. The number of piperazine rings is 1. The molecular formula is C12H28N2O3Si. The summed E-state index contributed by atoms with van der Waals surface area (Å²) in [6.45, 7) is 13.2. The van der Waals surface area contributed by atoms with Crippen molar-refractivity contribution >= 4 is 8.80 Å². The molecule has 0 bridgehead atoms. The van der Waals surface area contributed by atoms with Crippen molar-refractivity contribution in [1.29, 1.82) is 0 Å². The van der Waals surface area contributed by atoms with Gasteiger partial charge in [-0.25, -0.2) is 0 Å². The maximum atomic E-state index is 5.88. The van der Waals surface area contributed by atoms with E-state index in [4.69, 9.17) is 13.3 Å². The molecule has 0 spiro atoms. The van der Waals surface area contributed by atoms with Crippen molar-refractivity contribution < 1.29 is 13.3 Å². The van der Waals surface area contributed by atoms with E-state index in [1.165, 1.54) is 0 Å². The molecule has 18 heavy (non-hydrogen) atoms. The fourth-order valence-corrected chi connectivity index (χ4v) is 5.03. The molecule has 0 saturated carbocycles. The fraction of sp³-hybridized carbons (Fsp3) is 1.00. The van der Waals surface area contributed by atoms with E-state index in [0.717, 1.165) is 25.8 Å². The quantitative estimate of drug-likeness (QED) is 0.666. The Labute approximate surface area is 112 Å². The van der Waals surface area contributed by atoms with E-state index in [2.05, 4.69) is 17.1 Å². The molecule has 5 nitrogen and oxygen atoms in total. The van der Waals surface area contributed by atoms with E-state index in [0.29, 0.717) is 25.9 Å². The number of hydrogen-bond acceptors (Lipinski definition) is 5. The third kappa shape index (κ3) is 4.95. The van der Waals surface area contributed by atoms with Gasteiger partial charge >= 0.3 is 8.80 Å². The van der Waals surface area contributed by atoms with Crippen LogP contribution in [0.3, 0.4) is 0 Å². The topological polar surface area (TPSA) is 43.0 Å². The molecule has 0 aromatic heterocycles. The van der Waals surface area contributed by atoms with Gasteiger partial charge < -0.3 is 18.6 Å². The highest BCUT2D eigenvalue weighted by Gasteiger charge is 2.42. The van der Waals surface area contributed by atoms with E-state index in [1.807, 2.05) is 20.8 Å². The monoisotopic (exact) mass is 276 g/mol. The third-order valence-electron chi connectivity index (χ3n) is 2.96. The van der Waals surface area contributed by atoms with Crippen molar-refractivity contribution in [2.24, 2.45) is 0 Å². The van der Waals surface area contributed by atoms with Crippen LogP contribution in [0.4, 0.5) is 0 Å². The molecule has 108 valence electrons.